The Morgan fingerprint density at radius 3 is 2.43 bits per heavy atom. The van der Waals surface area contributed by atoms with Crippen LogP contribution in [0.25, 0.3) is 22.4 Å². The van der Waals surface area contributed by atoms with Gasteiger partial charge in [-0.15, -0.1) is 0 Å². The Labute approximate surface area is 263 Å². The first-order valence-corrected chi connectivity index (χ1v) is 14.6. The standard InChI is InChI=1S/C32H35F2N5O7/c1-18-9-7-10-20(29(40)41)25(18)39-28-21(15-24(34)38(28)26-22(33)11-8-12-23(26)45-17-44-6)27(35-30(39)42)37-14-13-36(16-19(37)2)31(43)46-32(3,4)5/h7-12,15,19H,13-14,16-17H2,1-6H3,(H,40,41). The number of para-hydroxylation sites is 2. The molecule has 2 aromatic heterocycles. The highest BCUT2D eigenvalue weighted by Gasteiger charge is 2.34. The number of rotatable bonds is 7. The molecule has 12 nitrogen and oxygen atoms in total. The number of hydrogen-bond donors (Lipinski definition) is 1. The zero-order valence-electron chi connectivity index (χ0n) is 26.3. The molecule has 1 atom stereocenters. The molecule has 0 radical (unpaired) electrons. The maximum Gasteiger partial charge on any atom is 0.410 e. The van der Waals surface area contributed by atoms with Gasteiger partial charge in [0, 0.05) is 38.9 Å². The summed E-state index contributed by atoms with van der Waals surface area (Å²) >= 11 is 0. The third-order valence-electron chi connectivity index (χ3n) is 7.52. The largest absolute Gasteiger partial charge is 0.478 e. The van der Waals surface area contributed by atoms with E-state index in [1.165, 1.54) is 31.4 Å². The van der Waals surface area contributed by atoms with Crippen molar-refractivity contribution < 1.29 is 37.7 Å². The highest BCUT2D eigenvalue weighted by molar-refractivity contribution is 5.96. The van der Waals surface area contributed by atoms with Crippen LogP contribution in [0.4, 0.5) is 19.4 Å². The number of aryl methyl sites for hydroxylation is 1. The quantitative estimate of drug-likeness (QED) is 0.281. The van der Waals surface area contributed by atoms with Crippen LogP contribution in [-0.2, 0) is 9.47 Å². The molecule has 2 aromatic carbocycles. The molecule has 4 aromatic rings. The maximum atomic E-state index is 16.3. The second kappa shape index (κ2) is 12.4. The van der Waals surface area contributed by atoms with Crippen LogP contribution in [0.2, 0.25) is 0 Å². The van der Waals surface area contributed by atoms with Crippen molar-refractivity contribution >= 4 is 28.9 Å². The predicted molar refractivity (Wildman–Crippen MR) is 165 cm³/mol. The molecule has 1 unspecified atom stereocenters. The number of carboxylic acids is 1. The van der Waals surface area contributed by atoms with Gasteiger partial charge < -0.3 is 29.1 Å². The van der Waals surface area contributed by atoms with Gasteiger partial charge in [-0.3, -0.25) is 4.57 Å². The molecule has 1 aliphatic rings. The number of piperazine rings is 1. The van der Waals surface area contributed by atoms with Gasteiger partial charge in [-0.05, 0) is 58.4 Å². The lowest BCUT2D eigenvalue weighted by atomic mass is 10.1. The molecule has 5 rings (SSSR count). The smallest absolute Gasteiger partial charge is 0.410 e. The number of aromatic carboxylic acids is 1. The molecule has 244 valence electrons. The SMILES string of the molecule is COCOc1cccc(F)c1-n1c(F)cc2c(N3CCN(C(=O)OC(C)(C)C)CC3C)nc(=O)n(-c3c(C)cccc3C(=O)O)c21. The Balaban J connectivity index is 1.78. The van der Waals surface area contributed by atoms with Crippen LogP contribution in [0.3, 0.4) is 0 Å². The Morgan fingerprint density at radius 2 is 1.78 bits per heavy atom. The van der Waals surface area contributed by atoms with E-state index in [9.17, 15) is 19.5 Å². The molecule has 1 saturated heterocycles. The molecule has 0 saturated carbocycles. The van der Waals surface area contributed by atoms with E-state index in [4.69, 9.17) is 14.2 Å². The Morgan fingerprint density at radius 1 is 1.07 bits per heavy atom. The molecule has 0 bridgehead atoms. The molecule has 1 N–H and O–H groups in total. The lowest BCUT2D eigenvalue weighted by molar-refractivity contribution is 0.0218. The second-order valence-electron chi connectivity index (χ2n) is 12.0. The number of methoxy groups -OCH3 is 1. The number of anilines is 1. The van der Waals surface area contributed by atoms with E-state index in [2.05, 4.69) is 4.98 Å². The zero-order chi connectivity index (χ0) is 33.5. The molecular formula is C32H35F2N5O7. The third kappa shape index (κ3) is 5.99. The first-order valence-electron chi connectivity index (χ1n) is 14.6. The Hall–Kier alpha value is -4.98. The van der Waals surface area contributed by atoms with E-state index in [-0.39, 0.29) is 66.0 Å². The van der Waals surface area contributed by atoms with Crippen molar-refractivity contribution in [2.45, 2.75) is 46.3 Å². The number of aromatic nitrogens is 3. The van der Waals surface area contributed by atoms with Gasteiger partial charge >= 0.3 is 17.8 Å². The van der Waals surface area contributed by atoms with Gasteiger partial charge in [-0.25, -0.2) is 23.3 Å². The van der Waals surface area contributed by atoms with Gasteiger partial charge in [0.1, 0.15) is 28.5 Å². The Bertz CT molecular complexity index is 1880. The van der Waals surface area contributed by atoms with Gasteiger partial charge in [0.25, 0.3) is 0 Å². The summed E-state index contributed by atoms with van der Waals surface area (Å²) in [5.74, 6) is -3.16. The van der Waals surface area contributed by atoms with Gasteiger partial charge in [0.05, 0.1) is 16.6 Å². The fourth-order valence-electron chi connectivity index (χ4n) is 5.62. The first-order chi connectivity index (χ1) is 21.7. The number of amides is 1. The van der Waals surface area contributed by atoms with E-state index in [1.807, 2.05) is 6.92 Å². The monoisotopic (exact) mass is 639 g/mol. The summed E-state index contributed by atoms with van der Waals surface area (Å²) in [5.41, 5.74) is -2.05. The topological polar surface area (TPSA) is 128 Å². The Kier molecular flexibility index (Phi) is 8.76. The summed E-state index contributed by atoms with van der Waals surface area (Å²) in [4.78, 5) is 46.9. The molecule has 3 heterocycles. The number of carbonyl (C=O) groups excluding carboxylic acids is 1. The average molecular weight is 640 g/mol. The minimum absolute atomic E-state index is 0.0538. The summed E-state index contributed by atoms with van der Waals surface area (Å²) in [5, 5.41) is 10.2. The lowest BCUT2D eigenvalue weighted by Gasteiger charge is -2.41. The van der Waals surface area contributed by atoms with Crippen molar-refractivity contribution in [1.29, 1.82) is 0 Å². The minimum Gasteiger partial charge on any atom is -0.478 e. The fraction of sp³-hybridized carbons (Fsp3) is 0.375. The van der Waals surface area contributed by atoms with E-state index in [1.54, 1.807) is 43.6 Å². The molecule has 0 spiro atoms. The van der Waals surface area contributed by atoms with Gasteiger partial charge in [-0.2, -0.15) is 9.37 Å². The highest BCUT2D eigenvalue weighted by Crippen LogP contribution is 2.37. The van der Waals surface area contributed by atoms with Crippen LogP contribution < -0.4 is 15.3 Å². The van der Waals surface area contributed by atoms with Crippen LogP contribution in [0.1, 0.15) is 43.6 Å². The number of fused-ring (bicyclic) bond motifs is 1. The molecule has 0 aliphatic carbocycles. The van der Waals surface area contributed by atoms with Crippen molar-refractivity contribution in [2.24, 2.45) is 0 Å². The van der Waals surface area contributed by atoms with Crippen molar-refractivity contribution in [2.75, 3.05) is 38.4 Å². The summed E-state index contributed by atoms with van der Waals surface area (Å²) in [6, 6.07) is 9.06. The van der Waals surface area contributed by atoms with Crippen LogP contribution in [0.15, 0.2) is 47.3 Å². The summed E-state index contributed by atoms with van der Waals surface area (Å²) in [7, 11) is 1.37. The number of ether oxygens (including phenoxy) is 3. The van der Waals surface area contributed by atoms with Gasteiger partial charge in [-0.1, -0.05) is 18.2 Å². The van der Waals surface area contributed by atoms with Crippen LogP contribution in [0.5, 0.6) is 5.75 Å². The third-order valence-corrected chi connectivity index (χ3v) is 7.52. The summed E-state index contributed by atoms with van der Waals surface area (Å²) < 4.78 is 49.9. The van der Waals surface area contributed by atoms with Crippen molar-refractivity contribution in [3.8, 4) is 17.1 Å². The number of benzene rings is 2. The van der Waals surface area contributed by atoms with Gasteiger partial charge in [0.2, 0.25) is 5.95 Å². The predicted octanol–water partition coefficient (Wildman–Crippen LogP) is 4.89. The molecular weight excluding hydrogens is 604 g/mol. The zero-order valence-corrected chi connectivity index (χ0v) is 26.3. The van der Waals surface area contributed by atoms with Crippen LogP contribution >= 0.6 is 0 Å². The van der Waals surface area contributed by atoms with Crippen molar-refractivity contribution in [3.05, 3.63) is 75.8 Å². The molecule has 1 fully saturated rings. The first kappa shape index (κ1) is 32.4. The highest BCUT2D eigenvalue weighted by atomic mass is 19.1. The van der Waals surface area contributed by atoms with Crippen molar-refractivity contribution in [1.82, 2.24) is 19.0 Å². The number of hydrogen-bond acceptors (Lipinski definition) is 8. The van der Waals surface area contributed by atoms with E-state index < -0.39 is 41.2 Å². The molecule has 1 amide bonds. The number of carbonyl (C=O) groups is 2. The second-order valence-corrected chi connectivity index (χ2v) is 12.0. The minimum atomic E-state index is -1.33. The van der Waals surface area contributed by atoms with E-state index in [0.29, 0.717) is 5.56 Å². The maximum absolute atomic E-state index is 16.3. The molecule has 46 heavy (non-hydrogen) atoms. The summed E-state index contributed by atoms with van der Waals surface area (Å²) in [6.07, 6.45) is -0.492. The van der Waals surface area contributed by atoms with Crippen LogP contribution in [0, 0.1) is 18.7 Å². The lowest BCUT2D eigenvalue weighted by Crippen LogP contribution is -2.55. The number of halogens is 2. The number of carboxylic acid groups (broad SMARTS) is 1. The average Bonchev–Trinajstić information content (AvgIpc) is 3.31. The van der Waals surface area contributed by atoms with Crippen LogP contribution in [-0.4, -0.2) is 81.4 Å². The molecule has 14 heteroatoms. The normalized spacial score (nSPS) is 15.3. The summed E-state index contributed by atoms with van der Waals surface area (Å²) in [6.45, 7) is 9.10. The fourth-order valence-corrected chi connectivity index (χ4v) is 5.62. The van der Waals surface area contributed by atoms with E-state index in [0.717, 1.165) is 21.3 Å². The molecule has 1 aliphatic heterocycles. The number of nitrogens with zero attached hydrogens (tertiary/aromatic N) is 5. The van der Waals surface area contributed by atoms with Crippen molar-refractivity contribution in [3.63, 3.8) is 0 Å². The van der Waals surface area contributed by atoms with E-state index >= 15 is 8.78 Å². The van der Waals surface area contributed by atoms with Gasteiger partial charge in [0.15, 0.2) is 12.6 Å².